The Morgan fingerprint density at radius 3 is 2.39 bits per heavy atom. The lowest BCUT2D eigenvalue weighted by molar-refractivity contribution is 0.112. The highest BCUT2D eigenvalue weighted by Crippen LogP contribution is 2.23. The third-order valence-corrected chi connectivity index (χ3v) is 3.38. The van der Waals surface area contributed by atoms with Gasteiger partial charge in [0.2, 0.25) is 0 Å². The van der Waals surface area contributed by atoms with Crippen molar-refractivity contribution in [1.82, 2.24) is 0 Å². The average Bonchev–Trinajstić information content (AvgIpc) is 2.57. The van der Waals surface area contributed by atoms with Gasteiger partial charge in [0.15, 0.2) is 6.29 Å². The molecule has 2 aromatic rings. The molecule has 0 aliphatic heterocycles. The Hall–Kier alpha value is -2.59. The number of aryl methyl sites for hydroxylation is 1. The summed E-state index contributed by atoms with van der Waals surface area (Å²) in [6, 6.07) is 11.2. The van der Waals surface area contributed by atoms with E-state index in [-0.39, 0.29) is 5.75 Å². The van der Waals surface area contributed by atoms with E-state index in [2.05, 4.69) is 0 Å². The molecule has 2 rings (SSSR count). The topological polar surface area (TPSA) is 55.8 Å². The van der Waals surface area contributed by atoms with Crippen LogP contribution in [-0.2, 0) is 4.74 Å². The highest BCUT2D eigenvalue weighted by molar-refractivity contribution is 5.83. The second-order valence-electron chi connectivity index (χ2n) is 5.14. The number of hydrogen-bond donors (Lipinski definition) is 1. The summed E-state index contributed by atoms with van der Waals surface area (Å²) in [5.74, 6) is 0.831. The summed E-state index contributed by atoms with van der Waals surface area (Å²) in [5.41, 5.74) is 2.85. The molecule has 0 radical (unpaired) electrons. The number of rotatable bonds is 7. The number of hydrogen-bond acceptors (Lipinski definition) is 4. The molecule has 0 fully saturated rings. The van der Waals surface area contributed by atoms with Gasteiger partial charge in [0.25, 0.3) is 0 Å². The number of phenols is 1. The molecule has 0 unspecified atom stereocenters. The van der Waals surface area contributed by atoms with E-state index in [1.807, 2.05) is 42.5 Å². The van der Waals surface area contributed by atoms with E-state index in [0.717, 1.165) is 16.9 Å². The molecule has 0 aromatic heterocycles. The van der Waals surface area contributed by atoms with Crippen LogP contribution in [0.5, 0.6) is 11.5 Å². The largest absolute Gasteiger partial charge is 0.507 e. The molecule has 0 atom stereocenters. The van der Waals surface area contributed by atoms with Crippen LogP contribution in [-0.4, -0.2) is 31.7 Å². The number of benzene rings is 2. The second kappa shape index (κ2) is 8.15. The molecule has 0 amide bonds. The van der Waals surface area contributed by atoms with E-state index in [1.54, 1.807) is 20.1 Å². The molecule has 23 heavy (non-hydrogen) atoms. The maximum absolute atomic E-state index is 10.9. The van der Waals surface area contributed by atoms with Gasteiger partial charge in [-0.05, 0) is 47.9 Å². The lowest BCUT2D eigenvalue weighted by atomic mass is 10.0. The average molecular weight is 312 g/mol. The fourth-order valence-electron chi connectivity index (χ4n) is 2.13. The molecular weight excluding hydrogens is 292 g/mol. The third-order valence-electron chi connectivity index (χ3n) is 3.38. The maximum atomic E-state index is 10.9. The van der Waals surface area contributed by atoms with Gasteiger partial charge in [-0.1, -0.05) is 24.3 Å². The van der Waals surface area contributed by atoms with Crippen LogP contribution in [0.15, 0.2) is 36.4 Å². The molecule has 0 aliphatic carbocycles. The molecule has 0 saturated heterocycles. The highest BCUT2D eigenvalue weighted by atomic mass is 16.5. The van der Waals surface area contributed by atoms with Gasteiger partial charge >= 0.3 is 0 Å². The maximum Gasteiger partial charge on any atom is 0.153 e. The van der Waals surface area contributed by atoms with Gasteiger partial charge in [-0.2, -0.15) is 0 Å². The SMILES string of the molecule is COCCOc1ccc(/C=C/c2cc(C)c(O)c(C=O)c2)cc1. The molecule has 0 aliphatic rings. The first-order valence-corrected chi connectivity index (χ1v) is 7.32. The van der Waals surface area contributed by atoms with Crippen molar-refractivity contribution in [2.75, 3.05) is 20.3 Å². The molecule has 4 nitrogen and oxygen atoms in total. The Balaban J connectivity index is 2.08. The van der Waals surface area contributed by atoms with E-state index in [9.17, 15) is 9.90 Å². The zero-order valence-electron chi connectivity index (χ0n) is 13.3. The normalized spacial score (nSPS) is 10.9. The van der Waals surface area contributed by atoms with E-state index >= 15 is 0 Å². The van der Waals surface area contributed by atoms with Gasteiger partial charge in [-0.15, -0.1) is 0 Å². The lowest BCUT2D eigenvalue weighted by Gasteiger charge is -2.05. The monoisotopic (exact) mass is 312 g/mol. The number of ether oxygens (including phenoxy) is 2. The van der Waals surface area contributed by atoms with E-state index in [0.29, 0.717) is 30.6 Å². The molecule has 0 saturated carbocycles. The fourth-order valence-corrected chi connectivity index (χ4v) is 2.13. The van der Waals surface area contributed by atoms with Crippen molar-refractivity contribution < 1.29 is 19.4 Å². The molecular formula is C19H20O4. The summed E-state index contributed by atoms with van der Waals surface area (Å²) in [4.78, 5) is 10.9. The molecule has 0 heterocycles. The summed E-state index contributed by atoms with van der Waals surface area (Å²) in [6.45, 7) is 2.85. The quantitative estimate of drug-likeness (QED) is 0.481. The van der Waals surface area contributed by atoms with E-state index < -0.39 is 0 Å². The van der Waals surface area contributed by atoms with Gasteiger partial charge in [-0.3, -0.25) is 4.79 Å². The minimum atomic E-state index is 0.0368. The van der Waals surface area contributed by atoms with E-state index in [4.69, 9.17) is 9.47 Å². The summed E-state index contributed by atoms with van der Waals surface area (Å²) < 4.78 is 10.4. The number of carbonyl (C=O) groups is 1. The van der Waals surface area contributed by atoms with E-state index in [1.165, 1.54) is 0 Å². The standard InChI is InChI=1S/C19H20O4/c1-14-11-16(12-17(13-20)19(14)21)4-3-15-5-7-18(8-6-15)23-10-9-22-2/h3-8,11-13,21H,9-10H2,1-2H3/b4-3+. The Morgan fingerprint density at radius 2 is 1.74 bits per heavy atom. The lowest BCUT2D eigenvalue weighted by Crippen LogP contribution is -2.03. The molecule has 120 valence electrons. The zero-order valence-corrected chi connectivity index (χ0v) is 13.3. The van der Waals surface area contributed by atoms with Crippen LogP contribution in [0.2, 0.25) is 0 Å². The number of methoxy groups -OCH3 is 1. The predicted molar refractivity (Wildman–Crippen MR) is 91.0 cm³/mol. The number of aldehydes is 1. The molecule has 2 aromatic carbocycles. The first-order valence-electron chi connectivity index (χ1n) is 7.32. The fraction of sp³-hybridized carbons (Fsp3) is 0.211. The predicted octanol–water partition coefficient (Wildman–Crippen LogP) is 3.71. The van der Waals surface area contributed by atoms with Crippen LogP contribution >= 0.6 is 0 Å². The second-order valence-corrected chi connectivity index (χ2v) is 5.14. The van der Waals surface area contributed by atoms with Crippen molar-refractivity contribution in [2.24, 2.45) is 0 Å². The van der Waals surface area contributed by atoms with Crippen LogP contribution in [0.1, 0.15) is 27.0 Å². The molecule has 4 heteroatoms. The summed E-state index contributed by atoms with van der Waals surface area (Å²) in [6.07, 6.45) is 4.51. The van der Waals surface area contributed by atoms with Gasteiger partial charge in [0.1, 0.15) is 18.1 Å². The first-order chi connectivity index (χ1) is 11.1. The number of aromatic hydroxyl groups is 1. The molecule has 1 N–H and O–H groups in total. The van der Waals surface area contributed by atoms with Crippen LogP contribution < -0.4 is 4.74 Å². The van der Waals surface area contributed by atoms with Crippen LogP contribution in [0.4, 0.5) is 0 Å². The highest BCUT2D eigenvalue weighted by Gasteiger charge is 2.04. The van der Waals surface area contributed by atoms with Gasteiger partial charge < -0.3 is 14.6 Å². The van der Waals surface area contributed by atoms with Crippen LogP contribution in [0.3, 0.4) is 0 Å². The number of carbonyl (C=O) groups excluding carboxylic acids is 1. The minimum absolute atomic E-state index is 0.0368. The van der Waals surface area contributed by atoms with Crippen LogP contribution in [0.25, 0.3) is 12.2 Å². The van der Waals surface area contributed by atoms with Crippen LogP contribution in [0, 0.1) is 6.92 Å². The summed E-state index contributed by atoms with van der Waals surface area (Å²) in [7, 11) is 1.64. The Labute approximate surface area is 136 Å². The third kappa shape index (κ3) is 4.69. The smallest absolute Gasteiger partial charge is 0.153 e. The molecule has 0 bridgehead atoms. The van der Waals surface area contributed by atoms with Crippen molar-refractivity contribution >= 4 is 18.4 Å². The van der Waals surface area contributed by atoms with Crippen molar-refractivity contribution in [3.63, 3.8) is 0 Å². The Bertz CT molecular complexity index is 687. The Kier molecular flexibility index (Phi) is 5.94. The minimum Gasteiger partial charge on any atom is -0.507 e. The Morgan fingerprint density at radius 1 is 1.04 bits per heavy atom. The van der Waals surface area contributed by atoms with Gasteiger partial charge in [0, 0.05) is 7.11 Å². The van der Waals surface area contributed by atoms with Crippen molar-refractivity contribution in [3.05, 3.63) is 58.7 Å². The zero-order chi connectivity index (χ0) is 16.7. The van der Waals surface area contributed by atoms with Gasteiger partial charge in [-0.25, -0.2) is 0 Å². The summed E-state index contributed by atoms with van der Waals surface area (Å²) >= 11 is 0. The molecule has 0 spiro atoms. The van der Waals surface area contributed by atoms with Crippen molar-refractivity contribution in [3.8, 4) is 11.5 Å². The first kappa shape index (κ1) is 16.8. The van der Waals surface area contributed by atoms with Crippen molar-refractivity contribution in [1.29, 1.82) is 0 Å². The van der Waals surface area contributed by atoms with Gasteiger partial charge in [0.05, 0.1) is 12.2 Å². The van der Waals surface area contributed by atoms with Crippen molar-refractivity contribution in [2.45, 2.75) is 6.92 Å². The number of phenolic OH excluding ortho intramolecular Hbond substituents is 1. The summed E-state index contributed by atoms with van der Waals surface area (Å²) in [5, 5.41) is 9.75.